The largest absolute Gasteiger partial charge is 0.330 e. The van der Waals surface area contributed by atoms with Gasteiger partial charge in [-0.15, -0.1) is 0 Å². The molecule has 2 aromatic carbocycles. The standard InChI is InChI=1S/C20H21Cl2FN4/c21-16-6-15(7-17(22)9-16)13-27-5-4-25-20(27)10-19(11-24)26-12-14-2-1-3-18(23)8-14/h1-9,19,26H,10-13,24H2. The molecule has 7 heteroatoms. The fourth-order valence-electron chi connectivity index (χ4n) is 2.94. The van der Waals surface area contributed by atoms with Crippen LogP contribution in [0.1, 0.15) is 17.0 Å². The highest BCUT2D eigenvalue weighted by atomic mass is 35.5. The van der Waals surface area contributed by atoms with Gasteiger partial charge in [-0.05, 0) is 41.5 Å². The first-order chi connectivity index (χ1) is 13.0. The van der Waals surface area contributed by atoms with Crippen molar-refractivity contribution in [3.05, 3.63) is 87.7 Å². The Morgan fingerprint density at radius 1 is 1.11 bits per heavy atom. The molecule has 0 saturated heterocycles. The molecule has 0 radical (unpaired) electrons. The highest BCUT2D eigenvalue weighted by molar-refractivity contribution is 6.34. The lowest BCUT2D eigenvalue weighted by Crippen LogP contribution is -2.38. The lowest BCUT2D eigenvalue weighted by Gasteiger charge is -2.18. The van der Waals surface area contributed by atoms with Crippen LogP contribution in [0, 0.1) is 5.82 Å². The van der Waals surface area contributed by atoms with Gasteiger partial charge in [0.1, 0.15) is 11.6 Å². The summed E-state index contributed by atoms with van der Waals surface area (Å²) in [5.41, 5.74) is 7.80. The first-order valence-electron chi connectivity index (χ1n) is 8.66. The van der Waals surface area contributed by atoms with Crippen LogP contribution in [-0.2, 0) is 19.5 Å². The van der Waals surface area contributed by atoms with Crippen LogP contribution >= 0.6 is 23.2 Å². The van der Waals surface area contributed by atoms with Crippen LogP contribution in [0.5, 0.6) is 0 Å². The number of benzene rings is 2. The fourth-order valence-corrected chi connectivity index (χ4v) is 3.51. The maximum Gasteiger partial charge on any atom is 0.123 e. The molecule has 0 aliphatic carbocycles. The fraction of sp³-hybridized carbons (Fsp3) is 0.250. The van der Waals surface area contributed by atoms with Gasteiger partial charge in [0.25, 0.3) is 0 Å². The summed E-state index contributed by atoms with van der Waals surface area (Å²) in [6.45, 7) is 1.62. The molecule has 0 aliphatic rings. The Morgan fingerprint density at radius 3 is 2.59 bits per heavy atom. The highest BCUT2D eigenvalue weighted by Gasteiger charge is 2.12. The number of imidazole rings is 1. The van der Waals surface area contributed by atoms with E-state index in [9.17, 15) is 4.39 Å². The van der Waals surface area contributed by atoms with Crippen LogP contribution in [0.3, 0.4) is 0 Å². The van der Waals surface area contributed by atoms with Gasteiger partial charge < -0.3 is 15.6 Å². The number of nitrogens with two attached hydrogens (primary N) is 1. The van der Waals surface area contributed by atoms with E-state index in [2.05, 4.69) is 14.9 Å². The minimum absolute atomic E-state index is 0.0253. The average Bonchev–Trinajstić information content (AvgIpc) is 3.04. The molecule has 1 heterocycles. The molecule has 3 N–H and O–H groups in total. The van der Waals surface area contributed by atoms with E-state index in [0.717, 1.165) is 17.0 Å². The summed E-state index contributed by atoms with van der Waals surface area (Å²) in [4.78, 5) is 4.46. The molecule has 27 heavy (non-hydrogen) atoms. The van der Waals surface area contributed by atoms with Crippen molar-refractivity contribution < 1.29 is 4.39 Å². The van der Waals surface area contributed by atoms with Gasteiger partial charge in [-0.3, -0.25) is 0 Å². The van der Waals surface area contributed by atoms with E-state index in [4.69, 9.17) is 28.9 Å². The Bertz CT molecular complexity index is 877. The van der Waals surface area contributed by atoms with Gasteiger partial charge in [-0.1, -0.05) is 35.3 Å². The van der Waals surface area contributed by atoms with Crippen LogP contribution in [0.25, 0.3) is 0 Å². The molecule has 1 atom stereocenters. The molecule has 0 bridgehead atoms. The molecule has 3 aromatic rings. The second-order valence-corrected chi connectivity index (χ2v) is 7.27. The van der Waals surface area contributed by atoms with Crippen LogP contribution < -0.4 is 11.1 Å². The van der Waals surface area contributed by atoms with Crippen LogP contribution in [0.4, 0.5) is 4.39 Å². The average molecular weight is 407 g/mol. The molecular formula is C20H21Cl2FN4. The number of hydrogen-bond donors (Lipinski definition) is 2. The normalized spacial score (nSPS) is 12.3. The molecule has 0 saturated carbocycles. The first-order valence-corrected chi connectivity index (χ1v) is 9.42. The lowest BCUT2D eigenvalue weighted by molar-refractivity contribution is 0.495. The molecule has 0 aliphatic heterocycles. The Labute approximate surface area is 168 Å². The molecular weight excluding hydrogens is 386 g/mol. The van der Waals surface area contributed by atoms with Crippen molar-refractivity contribution in [2.45, 2.75) is 25.6 Å². The van der Waals surface area contributed by atoms with Crippen molar-refractivity contribution >= 4 is 23.2 Å². The molecule has 0 spiro atoms. The lowest BCUT2D eigenvalue weighted by atomic mass is 10.1. The Hall–Kier alpha value is -1.92. The number of hydrogen-bond acceptors (Lipinski definition) is 3. The van der Waals surface area contributed by atoms with E-state index in [-0.39, 0.29) is 11.9 Å². The number of nitrogens with one attached hydrogen (secondary N) is 1. The molecule has 4 nitrogen and oxygen atoms in total. The summed E-state index contributed by atoms with van der Waals surface area (Å²) in [5, 5.41) is 4.59. The molecule has 0 fully saturated rings. The Balaban J connectivity index is 1.65. The first kappa shape index (κ1) is 19.8. The van der Waals surface area contributed by atoms with Crippen molar-refractivity contribution in [2.75, 3.05) is 6.54 Å². The van der Waals surface area contributed by atoms with Crippen LogP contribution in [0.15, 0.2) is 54.9 Å². The van der Waals surface area contributed by atoms with Crippen LogP contribution in [0.2, 0.25) is 10.0 Å². The van der Waals surface area contributed by atoms with Gasteiger partial charge >= 0.3 is 0 Å². The Morgan fingerprint density at radius 2 is 1.89 bits per heavy atom. The summed E-state index contributed by atoms with van der Waals surface area (Å²) >= 11 is 12.2. The maximum absolute atomic E-state index is 13.3. The molecule has 3 rings (SSSR count). The summed E-state index contributed by atoms with van der Waals surface area (Å²) in [6.07, 6.45) is 4.35. The number of rotatable bonds is 8. The molecule has 1 aromatic heterocycles. The van der Waals surface area contributed by atoms with Gasteiger partial charge in [-0.2, -0.15) is 0 Å². The minimum atomic E-state index is -0.241. The zero-order chi connectivity index (χ0) is 19.2. The summed E-state index contributed by atoms with van der Waals surface area (Å²) < 4.78 is 15.4. The quantitative estimate of drug-likeness (QED) is 0.593. The molecule has 142 valence electrons. The van der Waals surface area contributed by atoms with Crippen molar-refractivity contribution in [2.24, 2.45) is 5.73 Å². The van der Waals surface area contributed by atoms with Gasteiger partial charge in [-0.25, -0.2) is 9.37 Å². The molecule has 1 unspecified atom stereocenters. The van der Waals surface area contributed by atoms with E-state index < -0.39 is 0 Å². The van der Waals surface area contributed by atoms with Crippen molar-refractivity contribution in [1.29, 1.82) is 0 Å². The second kappa shape index (κ2) is 9.33. The van der Waals surface area contributed by atoms with Crippen molar-refractivity contribution in [3.63, 3.8) is 0 Å². The number of halogens is 3. The van der Waals surface area contributed by atoms with Crippen molar-refractivity contribution in [3.8, 4) is 0 Å². The summed E-state index contributed by atoms with van der Waals surface area (Å²) in [5.74, 6) is 0.669. The zero-order valence-electron chi connectivity index (χ0n) is 14.7. The summed E-state index contributed by atoms with van der Waals surface area (Å²) in [6, 6.07) is 12.0. The third-order valence-corrected chi connectivity index (χ3v) is 4.71. The monoisotopic (exact) mass is 406 g/mol. The van der Waals surface area contributed by atoms with Crippen LogP contribution in [-0.4, -0.2) is 22.1 Å². The molecule has 0 amide bonds. The van der Waals surface area contributed by atoms with E-state index >= 15 is 0 Å². The maximum atomic E-state index is 13.3. The predicted molar refractivity (Wildman–Crippen MR) is 108 cm³/mol. The number of aromatic nitrogens is 2. The van der Waals surface area contributed by atoms with Gasteiger partial charge in [0.2, 0.25) is 0 Å². The predicted octanol–water partition coefficient (Wildman–Crippen LogP) is 4.04. The van der Waals surface area contributed by atoms with Crippen molar-refractivity contribution in [1.82, 2.24) is 14.9 Å². The highest BCUT2D eigenvalue weighted by Crippen LogP contribution is 2.20. The topological polar surface area (TPSA) is 55.9 Å². The Kier molecular flexibility index (Phi) is 6.85. The third-order valence-electron chi connectivity index (χ3n) is 4.27. The van der Waals surface area contributed by atoms with E-state index in [1.165, 1.54) is 12.1 Å². The van der Waals surface area contributed by atoms with E-state index in [1.807, 2.05) is 24.4 Å². The second-order valence-electron chi connectivity index (χ2n) is 6.40. The number of nitrogens with zero attached hydrogens (tertiary/aromatic N) is 2. The SMILES string of the molecule is NCC(Cc1nccn1Cc1cc(Cl)cc(Cl)c1)NCc1cccc(F)c1. The van der Waals surface area contributed by atoms with E-state index in [0.29, 0.717) is 36.1 Å². The zero-order valence-corrected chi connectivity index (χ0v) is 16.2. The smallest absolute Gasteiger partial charge is 0.123 e. The van der Waals surface area contributed by atoms with Gasteiger partial charge in [0, 0.05) is 54.5 Å². The van der Waals surface area contributed by atoms with E-state index in [1.54, 1.807) is 18.3 Å². The third kappa shape index (κ3) is 5.78. The minimum Gasteiger partial charge on any atom is -0.330 e. The van der Waals surface area contributed by atoms with Gasteiger partial charge in [0.05, 0.1) is 0 Å². The summed E-state index contributed by atoms with van der Waals surface area (Å²) in [7, 11) is 0. The van der Waals surface area contributed by atoms with Gasteiger partial charge in [0.15, 0.2) is 0 Å².